The summed E-state index contributed by atoms with van der Waals surface area (Å²) in [6.45, 7) is 1.87. The lowest BCUT2D eigenvalue weighted by Crippen LogP contribution is -2.24. The average Bonchev–Trinajstić information content (AvgIpc) is 3.38. The van der Waals surface area contributed by atoms with E-state index in [1.54, 1.807) is 12.3 Å². The molecule has 7 nitrogen and oxygen atoms in total. The normalized spacial score (nSPS) is 17.5. The number of rotatable bonds is 5. The van der Waals surface area contributed by atoms with Crippen LogP contribution in [0.5, 0.6) is 0 Å². The van der Waals surface area contributed by atoms with Gasteiger partial charge in [-0.2, -0.15) is 5.10 Å². The van der Waals surface area contributed by atoms with Crippen molar-refractivity contribution in [1.82, 2.24) is 24.6 Å². The Hall–Kier alpha value is -2.58. The van der Waals surface area contributed by atoms with Gasteiger partial charge in [0, 0.05) is 36.9 Å². The second-order valence-corrected chi connectivity index (χ2v) is 7.28. The van der Waals surface area contributed by atoms with Crippen LogP contribution >= 0.6 is 11.3 Å². The Morgan fingerprint density at radius 3 is 3.12 bits per heavy atom. The maximum Gasteiger partial charge on any atom is 0.276 e. The maximum atomic E-state index is 12.4. The van der Waals surface area contributed by atoms with Crippen LogP contribution in [0.1, 0.15) is 40.6 Å². The number of aromatic nitrogens is 4. The quantitative estimate of drug-likeness (QED) is 0.749. The van der Waals surface area contributed by atoms with Crippen LogP contribution in [0.2, 0.25) is 0 Å². The van der Waals surface area contributed by atoms with Gasteiger partial charge in [0.1, 0.15) is 5.69 Å². The number of anilines is 1. The number of nitrogens with zero attached hydrogens (tertiary/aromatic N) is 5. The van der Waals surface area contributed by atoms with Gasteiger partial charge >= 0.3 is 0 Å². The lowest BCUT2D eigenvalue weighted by Gasteiger charge is -2.23. The first-order chi connectivity index (χ1) is 12.7. The van der Waals surface area contributed by atoms with E-state index in [1.807, 2.05) is 41.6 Å². The van der Waals surface area contributed by atoms with Gasteiger partial charge in [0.25, 0.3) is 5.91 Å². The highest BCUT2D eigenvalue weighted by molar-refractivity contribution is 7.13. The summed E-state index contributed by atoms with van der Waals surface area (Å²) in [6.07, 6.45) is 7.79. The summed E-state index contributed by atoms with van der Waals surface area (Å²) in [5.41, 5.74) is 2.56. The van der Waals surface area contributed by atoms with Crippen molar-refractivity contribution in [2.45, 2.75) is 25.4 Å². The number of carbonyl (C=O) groups is 1. The molecule has 0 aliphatic carbocycles. The van der Waals surface area contributed by atoms with Crippen LogP contribution in [-0.2, 0) is 13.6 Å². The Morgan fingerprint density at radius 1 is 1.42 bits per heavy atom. The summed E-state index contributed by atoms with van der Waals surface area (Å²) in [6, 6.07) is 5.88. The maximum absolute atomic E-state index is 12.4. The van der Waals surface area contributed by atoms with Gasteiger partial charge in [-0.15, -0.1) is 11.3 Å². The zero-order valence-electron chi connectivity index (χ0n) is 14.5. The highest BCUT2D eigenvalue weighted by Gasteiger charge is 2.28. The number of hydrogen-bond acceptors (Lipinski definition) is 6. The first-order valence-electron chi connectivity index (χ1n) is 8.58. The number of aryl methyl sites for hydroxylation is 1. The molecule has 1 aliphatic heterocycles. The molecule has 0 unspecified atom stereocenters. The fourth-order valence-electron chi connectivity index (χ4n) is 3.35. The van der Waals surface area contributed by atoms with Crippen molar-refractivity contribution in [3.8, 4) is 0 Å². The number of pyridine rings is 1. The molecule has 4 heterocycles. The molecular formula is C18H20N6OS. The Morgan fingerprint density at radius 2 is 2.35 bits per heavy atom. The number of thiazole rings is 1. The van der Waals surface area contributed by atoms with Crippen LogP contribution in [0.4, 0.5) is 5.13 Å². The van der Waals surface area contributed by atoms with E-state index in [9.17, 15) is 4.79 Å². The highest BCUT2D eigenvalue weighted by Crippen LogP contribution is 2.32. The molecule has 3 aromatic heterocycles. The molecule has 1 saturated heterocycles. The summed E-state index contributed by atoms with van der Waals surface area (Å²) in [5.74, 6) is -0.224. The molecule has 8 heteroatoms. The Kier molecular flexibility index (Phi) is 4.77. The summed E-state index contributed by atoms with van der Waals surface area (Å²) < 4.78 is 1.82. The van der Waals surface area contributed by atoms with E-state index in [2.05, 4.69) is 25.3 Å². The van der Waals surface area contributed by atoms with E-state index in [0.717, 1.165) is 31.6 Å². The second-order valence-electron chi connectivity index (χ2n) is 6.39. The van der Waals surface area contributed by atoms with E-state index in [-0.39, 0.29) is 11.9 Å². The molecule has 1 N–H and O–H groups in total. The third kappa shape index (κ3) is 3.66. The van der Waals surface area contributed by atoms with Crippen molar-refractivity contribution in [3.05, 3.63) is 59.1 Å². The standard InChI is InChI=1S/C18H20N6OS/c1-23-11-13(10-20-23)12-24-8-3-6-16(24)14-4-2-5-15(21-14)17(25)22-18-19-7-9-26-18/h2,4-5,7,9-11,16H,3,6,8,12H2,1H3,(H,19,22,25)/t16-/m0/s1. The molecule has 0 bridgehead atoms. The van der Waals surface area contributed by atoms with Crippen molar-refractivity contribution in [3.63, 3.8) is 0 Å². The molecule has 0 aromatic carbocycles. The third-order valence-electron chi connectivity index (χ3n) is 4.51. The van der Waals surface area contributed by atoms with Gasteiger partial charge in [0.15, 0.2) is 5.13 Å². The van der Waals surface area contributed by atoms with Gasteiger partial charge < -0.3 is 0 Å². The Bertz CT molecular complexity index is 891. The van der Waals surface area contributed by atoms with E-state index in [1.165, 1.54) is 16.9 Å². The molecule has 0 saturated carbocycles. The molecule has 0 spiro atoms. The summed E-state index contributed by atoms with van der Waals surface area (Å²) in [5, 5.41) is 9.45. The number of hydrogen-bond donors (Lipinski definition) is 1. The Balaban J connectivity index is 1.50. The van der Waals surface area contributed by atoms with Crippen LogP contribution in [0.3, 0.4) is 0 Å². The predicted molar refractivity (Wildman–Crippen MR) is 99.9 cm³/mol. The molecule has 26 heavy (non-hydrogen) atoms. The molecule has 1 atom stereocenters. The van der Waals surface area contributed by atoms with Crippen molar-refractivity contribution < 1.29 is 4.79 Å². The molecule has 3 aromatic rings. The van der Waals surface area contributed by atoms with Crippen molar-refractivity contribution in [2.24, 2.45) is 7.05 Å². The minimum absolute atomic E-state index is 0.224. The number of likely N-dealkylation sites (tertiary alicyclic amines) is 1. The molecule has 0 radical (unpaired) electrons. The van der Waals surface area contributed by atoms with Gasteiger partial charge in [-0.1, -0.05) is 6.07 Å². The van der Waals surface area contributed by atoms with Gasteiger partial charge in [0.2, 0.25) is 0 Å². The number of nitrogens with one attached hydrogen (secondary N) is 1. The van der Waals surface area contributed by atoms with Crippen LogP contribution in [0, 0.1) is 0 Å². The fraction of sp³-hybridized carbons (Fsp3) is 0.333. The van der Waals surface area contributed by atoms with Crippen LogP contribution in [-0.4, -0.2) is 37.1 Å². The van der Waals surface area contributed by atoms with Crippen LogP contribution < -0.4 is 5.32 Å². The van der Waals surface area contributed by atoms with Gasteiger partial charge in [-0.25, -0.2) is 9.97 Å². The molecule has 1 aliphatic rings. The number of amides is 1. The van der Waals surface area contributed by atoms with Crippen molar-refractivity contribution in [1.29, 1.82) is 0 Å². The monoisotopic (exact) mass is 368 g/mol. The van der Waals surface area contributed by atoms with Crippen molar-refractivity contribution in [2.75, 3.05) is 11.9 Å². The van der Waals surface area contributed by atoms with E-state index in [0.29, 0.717) is 10.8 Å². The second kappa shape index (κ2) is 7.35. The van der Waals surface area contributed by atoms with E-state index in [4.69, 9.17) is 0 Å². The highest BCUT2D eigenvalue weighted by atomic mass is 32.1. The van der Waals surface area contributed by atoms with Crippen LogP contribution in [0.15, 0.2) is 42.2 Å². The minimum atomic E-state index is -0.224. The minimum Gasteiger partial charge on any atom is -0.296 e. The first kappa shape index (κ1) is 16.9. The molecule has 134 valence electrons. The van der Waals surface area contributed by atoms with Gasteiger partial charge in [-0.3, -0.25) is 19.7 Å². The summed E-state index contributed by atoms with van der Waals surface area (Å²) in [7, 11) is 1.93. The topological polar surface area (TPSA) is 75.9 Å². The summed E-state index contributed by atoms with van der Waals surface area (Å²) >= 11 is 1.39. The molecular weight excluding hydrogens is 348 g/mol. The molecule has 4 rings (SSSR count). The largest absolute Gasteiger partial charge is 0.296 e. The fourth-order valence-corrected chi connectivity index (χ4v) is 3.87. The van der Waals surface area contributed by atoms with Crippen LogP contribution in [0.25, 0.3) is 0 Å². The lowest BCUT2D eigenvalue weighted by atomic mass is 10.1. The Labute approximate surface area is 155 Å². The zero-order chi connectivity index (χ0) is 17.9. The lowest BCUT2D eigenvalue weighted by molar-refractivity contribution is 0.102. The summed E-state index contributed by atoms with van der Waals surface area (Å²) in [4.78, 5) is 23.5. The predicted octanol–water partition coefficient (Wildman–Crippen LogP) is 2.86. The van der Waals surface area contributed by atoms with Crippen molar-refractivity contribution >= 4 is 22.4 Å². The number of carbonyl (C=O) groups excluding carboxylic acids is 1. The van der Waals surface area contributed by atoms with E-state index < -0.39 is 0 Å². The molecule has 1 fully saturated rings. The van der Waals surface area contributed by atoms with Gasteiger partial charge in [-0.05, 0) is 31.5 Å². The van der Waals surface area contributed by atoms with E-state index >= 15 is 0 Å². The first-order valence-corrected chi connectivity index (χ1v) is 9.46. The average molecular weight is 368 g/mol. The molecule has 1 amide bonds. The SMILES string of the molecule is Cn1cc(CN2CCC[C@H]2c2cccc(C(=O)Nc3nccs3)n2)cn1. The van der Waals surface area contributed by atoms with Gasteiger partial charge in [0.05, 0.1) is 17.9 Å². The zero-order valence-corrected chi connectivity index (χ0v) is 15.3. The smallest absolute Gasteiger partial charge is 0.276 e. The third-order valence-corrected chi connectivity index (χ3v) is 5.19.